The molecule has 1 aromatic carbocycles. The molecule has 3 rings (SSSR count). The zero-order chi connectivity index (χ0) is 25.7. The van der Waals surface area contributed by atoms with Gasteiger partial charge in [-0.15, -0.1) is 0 Å². The molecule has 3 atom stereocenters. The van der Waals surface area contributed by atoms with Crippen LogP contribution in [0.4, 0.5) is 4.39 Å². The Morgan fingerprint density at radius 2 is 2.06 bits per heavy atom. The average molecular weight is 482 g/mol. The summed E-state index contributed by atoms with van der Waals surface area (Å²) in [7, 11) is 1.59. The highest BCUT2D eigenvalue weighted by Crippen LogP contribution is 2.27. The predicted molar refractivity (Wildman–Crippen MR) is 130 cm³/mol. The van der Waals surface area contributed by atoms with Crippen LogP contribution in [0.2, 0.25) is 0 Å². The number of hydrogen-bond acceptors (Lipinski definition) is 5. The molecule has 7 nitrogen and oxygen atoms in total. The molecule has 1 aliphatic rings. The number of nitrogens with zero attached hydrogens (tertiary/aromatic N) is 3. The smallest absolute Gasteiger partial charge is 0.259 e. The SMILES string of the molecule is CC(C)C#Cc1cnc2c(c1)C(=O)N([C@@H](C)CO)C[C@H](C)[C@H](CN(C)C(=O)c1ccccc1F)O2. The summed E-state index contributed by atoms with van der Waals surface area (Å²) in [6.07, 6.45) is 1.02. The maximum atomic E-state index is 14.2. The molecule has 35 heavy (non-hydrogen) atoms. The lowest BCUT2D eigenvalue weighted by Crippen LogP contribution is -2.50. The Bertz CT molecular complexity index is 1140. The summed E-state index contributed by atoms with van der Waals surface area (Å²) in [5.41, 5.74) is 0.815. The van der Waals surface area contributed by atoms with Crippen molar-refractivity contribution in [2.24, 2.45) is 11.8 Å². The first-order valence-corrected chi connectivity index (χ1v) is 11.7. The van der Waals surface area contributed by atoms with Gasteiger partial charge in [-0.1, -0.05) is 44.7 Å². The first-order chi connectivity index (χ1) is 16.6. The fraction of sp³-hybridized carbons (Fsp3) is 0.444. The number of carbonyl (C=O) groups excluding carboxylic acids is 2. The van der Waals surface area contributed by atoms with Gasteiger partial charge < -0.3 is 19.6 Å². The maximum Gasteiger partial charge on any atom is 0.259 e. The van der Waals surface area contributed by atoms with Gasteiger partial charge in [-0.2, -0.15) is 0 Å². The van der Waals surface area contributed by atoms with Crippen LogP contribution in [0.3, 0.4) is 0 Å². The Kier molecular flexibility index (Phi) is 8.47. The molecular formula is C27H32FN3O4. The van der Waals surface area contributed by atoms with E-state index in [1.54, 1.807) is 37.2 Å². The summed E-state index contributed by atoms with van der Waals surface area (Å²) in [5, 5.41) is 9.79. The molecule has 0 radical (unpaired) electrons. The van der Waals surface area contributed by atoms with Crippen molar-refractivity contribution in [1.82, 2.24) is 14.8 Å². The van der Waals surface area contributed by atoms with Gasteiger partial charge in [0, 0.05) is 37.2 Å². The van der Waals surface area contributed by atoms with E-state index in [1.165, 1.54) is 23.1 Å². The van der Waals surface area contributed by atoms with Gasteiger partial charge in [0.2, 0.25) is 5.88 Å². The largest absolute Gasteiger partial charge is 0.472 e. The third-order valence-electron chi connectivity index (χ3n) is 5.93. The van der Waals surface area contributed by atoms with E-state index in [0.717, 1.165) is 0 Å². The lowest BCUT2D eigenvalue weighted by molar-refractivity contribution is 0.0312. The van der Waals surface area contributed by atoms with Crippen LogP contribution in [-0.2, 0) is 0 Å². The molecule has 1 N–H and O–H groups in total. The van der Waals surface area contributed by atoms with Gasteiger partial charge in [0.25, 0.3) is 11.8 Å². The maximum absolute atomic E-state index is 14.2. The van der Waals surface area contributed by atoms with Crippen LogP contribution in [0.1, 0.15) is 54.0 Å². The number of rotatable bonds is 5. The Labute approximate surface area is 205 Å². The van der Waals surface area contributed by atoms with Crippen LogP contribution < -0.4 is 4.74 Å². The minimum atomic E-state index is -0.591. The summed E-state index contributed by atoms with van der Waals surface area (Å²) >= 11 is 0. The van der Waals surface area contributed by atoms with Crippen molar-refractivity contribution in [3.63, 3.8) is 0 Å². The minimum Gasteiger partial charge on any atom is -0.472 e. The quantitative estimate of drug-likeness (QED) is 0.663. The molecule has 2 amide bonds. The highest BCUT2D eigenvalue weighted by molar-refractivity contribution is 5.97. The van der Waals surface area contributed by atoms with Gasteiger partial charge in [-0.05, 0) is 25.1 Å². The van der Waals surface area contributed by atoms with Crippen molar-refractivity contribution in [2.75, 3.05) is 26.7 Å². The minimum absolute atomic E-state index is 0.0221. The summed E-state index contributed by atoms with van der Waals surface area (Å²) in [6.45, 7) is 7.87. The highest BCUT2D eigenvalue weighted by Gasteiger charge is 2.35. The molecule has 0 fully saturated rings. The summed E-state index contributed by atoms with van der Waals surface area (Å²) < 4.78 is 20.4. The number of benzene rings is 1. The highest BCUT2D eigenvalue weighted by atomic mass is 19.1. The van der Waals surface area contributed by atoms with Crippen molar-refractivity contribution in [2.45, 2.75) is 39.8 Å². The lowest BCUT2D eigenvalue weighted by Gasteiger charge is -2.37. The first-order valence-electron chi connectivity index (χ1n) is 11.7. The van der Waals surface area contributed by atoms with Crippen LogP contribution in [0.5, 0.6) is 5.88 Å². The normalized spacial score (nSPS) is 18.5. The second-order valence-corrected chi connectivity index (χ2v) is 9.29. The van der Waals surface area contributed by atoms with E-state index in [4.69, 9.17) is 4.74 Å². The number of likely N-dealkylation sites (N-methyl/N-ethyl adjacent to an activating group) is 1. The summed E-state index contributed by atoms with van der Waals surface area (Å²) in [4.78, 5) is 33.7. The predicted octanol–water partition coefficient (Wildman–Crippen LogP) is 3.22. The zero-order valence-electron chi connectivity index (χ0n) is 20.8. The van der Waals surface area contributed by atoms with Gasteiger partial charge >= 0.3 is 0 Å². The molecule has 0 saturated carbocycles. The molecule has 186 valence electrons. The van der Waals surface area contributed by atoms with E-state index < -0.39 is 23.9 Å². The molecular weight excluding hydrogens is 449 g/mol. The molecule has 2 heterocycles. The van der Waals surface area contributed by atoms with Gasteiger partial charge in [0.1, 0.15) is 17.5 Å². The Morgan fingerprint density at radius 3 is 2.71 bits per heavy atom. The number of halogens is 1. The Balaban J connectivity index is 1.96. The number of fused-ring (bicyclic) bond motifs is 1. The molecule has 0 aliphatic carbocycles. The van der Waals surface area contributed by atoms with Crippen LogP contribution >= 0.6 is 0 Å². The van der Waals surface area contributed by atoms with Gasteiger partial charge in [-0.3, -0.25) is 9.59 Å². The third kappa shape index (κ3) is 6.17. The molecule has 2 aromatic rings. The van der Waals surface area contributed by atoms with Crippen LogP contribution in [-0.4, -0.2) is 70.6 Å². The Morgan fingerprint density at radius 1 is 1.34 bits per heavy atom. The molecule has 0 saturated heterocycles. The van der Waals surface area contributed by atoms with E-state index >= 15 is 0 Å². The van der Waals surface area contributed by atoms with Crippen molar-refractivity contribution >= 4 is 11.8 Å². The molecule has 0 spiro atoms. The van der Waals surface area contributed by atoms with E-state index in [1.807, 2.05) is 20.8 Å². The fourth-order valence-electron chi connectivity index (χ4n) is 3.81. The Hall–Kier alpha value is -3.44. The summed E-state index contributed by atoms with van der Waals surface area (Å²) in [5.74, 6) is 4.81. The van der Waals surface area contributed by atoms with Crippen LogP contribution in [0, 0.1) is 29.5 Å². The zero-order valence-corrected chi connectivity index (χ0v) is 20.8. The van der Waals surface area contributed by atoms with Crippen LogP contribution in [0.15, 0.2) is 36.5 Å². The number of pyridine rings is 1. The van der Waals surface area contributed by atoms with E-state index in [9.17, 15) is 19.1 Å². The van der Waals surface area contributed by atoms with Crippen LogP contribution in [0.25, 0.3) is 0 Å². The lowest BCUT2D eigenvalue weighted by atomic mass is 9.99. The van der Waals surface area contributed by atoms with Crippen molar-refractivity contribution in [3.8, 4) is 17.7 Å². The first kappa shape index (κ1) is 26.2. The van der Waals surface area contributed by atoms with Gasteiger partial charge in [0.05, 0.1) is 24.8 Å². The number of aromatic nitrogens is 1. The second-order valence-electron chi connectivity index (χ2n) is 9.29. The number of ether oxygens (including phenoxy) is 1. The van der Waals surface area contributed by atoms with Gasteiger partial charge in [-0.25, -0.2) is 9.37 Å². The average Bonchev–Trinajstić information content (AvgIpc) is 2.84. The van der Waals surface area contributed by atoms with Gasteiger partial charge in [0.15, 0.2) is 0 Å². The number of aliphatic hydroxyl groups excluding tert-OH is 1. The number of amides is 2. The van der Waals surface area contributed by atoms with Crippen molar-refractivity contribution < 1.29 is 23.8 Å². The topological polar surface area (TPSA) is 83.0 Å². The molecule has 1 aliphatic heterocycles. The third-order valence-corrected chi connectivity index (χ3v) is 5.93. The van der Waals surface area contributed by atoms with E-state index in [0.29, 0.717) is 12.1 Å². The second kappa shape index (κ2) is 11.3. The number of hydrogen-bond donors (Lipinski definition) is 1. The standard InChI is InChI=1S/C27H32FN3O4/c1-17(2)10-11-20-12-22-25(29-13-20)35-24(18(3)14-31(27(22)34)19(4)16-32)15-30(5)26(33)21-8-6-7-9-23(21)28/h6-9,12-13,17-19,24,32H,14-16H2,1-5H3/t18-,19-,24-/m0/s1. The summed E-state index contributed by atoms with van der Waals surface area (Å²) in [6, 6.07) is 7.05. The molecule has 1 aromatic heterocycles. The number of carbonyl (C=O) groups is 2. The van der Waals surface area contributed by atoms with E-state index in [-0.39, 0.29) is 47.9 Å². The molecule has 8 heteroatoms. The van der Waals surface area contributed by atoms with Crippen molar-refractivity contribution in [3.05, 3.63) is 59.0 Å². The number of aliphatic hydroxyl groups is 1. The molecule has 0 unspecified atom stereocenters. The fourth-order valence-corrected chi connectivity index (χ4v) is 3.81. The monoisotopic (exact) mass is 481 g/mol. The van der Waals surface area contributed by atoms with Crippen molar-refractivity contribution in [1.29, 1.82) is 0 Å². The van der Waals surface area contributed by atoms with E-state index in [2.05, 4.69) is 16.8 Å². The molecule has 0 bridgehead atoms.